The minimum absolute atomic E-state index is 0.00333. The summed E-state index contributed by atoms with van der Waals surface area (Å²) in [6, 6.07) is 11.6. The van der Waals surface area contributed by atoms with E-state index in [2.05, 4.69) is 27.1 Å². The van der Waals surface area contributed by atoms with Crippen LogP contribution < -0.4 is 10.1 Å². The molecule has 0 unspecified atom stereocenters. The van der Waals surface area contributed by atoms with Gasteiger partial charge in [-0.15, -0.1) is 0 Å². The molecule has 0 atom stereocenters. The smallest absolute Gasteiger partial charge is 0.177 e. The van der Waals surface area contributed by atoms with Gasteiger partial charge in [0.15, 0.2) is 11.5 Å². The Morgan fingerprint density at radius 2 is 2.06 bits per heavy atom. The molecule has 2 aromatic heterocycles. The van der Waals surface area contributed by atoms with Crippen molar-refractivity contribution >= 4 is 39.8 Å². The molecule has 0 spiro atoms. The maximum atomic E-state index is 13.6. The number of furan rings is 1. The quantitative estimate of drug-likeness (QED) is 0.215. The van der Waals surface area contributed by atoms with Crippen LogP contribution in [0.25, 0.3) is 22.2 Å². The van der Waals surface area contributed by atoms with Gasteiger partial charge >= 0.3 is 0 Å². The van der Waals surface area contributed by atoms with Crippen LogP contribution in [0.2, 0.25) is 5.02 Å². The van der Waals surface area contributed by atoms with Crippen molar-refractivity contribution in [2.24, 2.45) is 0 Å². The van der Waals surface area contributed by atoms with E-state index in [4.69, 9.17) is 25.9 Å². The monoisotopic (exact) mass is 507 g/mol. The van der Waals surface area contributed by atoms with Gasteiger partial charge in [0.1, 0.15) is 36.1 Å². The van der Waals surface area contributed by atoms with E-state index in [0.717, 1.165) is 6.42 Å². The minimum atomic E-state index is -0.504. The lowest BCUT2D eigenvalue weighted by molar-refractivity contribution is -0.121. The Bertz CT molecular complexity index is 1460. The maximum absolute atomic E-state index is 13.6. The number of anilines is 2. The number of halogens is 2. The number of carbonyl (C=O) groups is 1. The first-order valence-electron chi connectivity index (χ1n) is 11.2. The summed E-state index contributed by atoms with van der Waals surface area (Å²) in [5.74, 6) is 7.52. The molecule has 36 heavy (non-hydrogen) atoms. The third-order valence-corrected chi connectivity index (χ3v) is 5.70. The van der Waals surface area contributed by atoms with Crippen molar-refractivity contribution in [2.45, 2.75) is 25.7 Å². The molecule has 4 rings (SSSR count). The minimum Gasteiger partial charge on any atom is -0.496 e. The number of rotatable bonds is 9. The van der Waals surface area contributed by atoms with Gasteiger partial charge in [-0.2, -0.15) is 0 Å². The zero-order valence-electron chi connectivity index (χ0n) is 19.5. The van der Waals surface area contributed by atoms with E-state index in [1.807, 2.05) is 12.1 Å². The molecule has 0 saturated carbocycles. The number of fused-ring (bicyclic) bond motifs is 1. The van der Waals surface area contributed by atoms with Crippen molar-refractivity contribution in [1.82, 2.24) is 9.97 Å². The van der Waals surface area contributed by atoms with Gasteiger partial charge in [-0.1, -0.05) is 17.5 Å². The number of methoxy groups -OCH3 is 1. The number of aliphatic hydroxyl groups excluding tert-OH is 1. The molecule has 0 aliphatic carbocycles. The highest BCUT2D eigenvalue weighted by Crippen LogP contribution is 2.37. The van der Waals surface area contributed by atoms with Gasteiger partial charge in [-0.3, -0.25) is 4.79 Å². The van der Waals surface area contributed by atoms with E-state index in [1.54, 1.807) is 25.3 Å². The second kappa shape index (κ2) is 11.7. The third kappa shape index (κ3) is 6.00. The van der Waals surface area contributed by atoms with Gasteiger partial charge in [0.25, 0.3) is 0 Å². The number of carbonyl (C=O) groups excluding carboxylic acids is 1. The van der Waals surface area contributed by atoms with Crippen LogP contribution in [-0.2, 0) is 4.79 Å². The van der Waals surface area contributed by atoms with Gasteiger partial charge in [0.2, 0.25) is 0 Å². The number of benzene rings is 2. The van der Waals surface area contributed by atoms with Crippen LogP contribution >= 0.6 is 11.6 Å². The average Bonchev–Trinajstić information content (AvgIpc) is 3.36. The van der Waals surface area contributed by atoms with E-state index < -0.39 is 12.4 Å². The SMILES string of the molecule is COc1cc2ncnc(Nc3ccc(F)c(Cl)c3)c2cc1-c1ccc(C#CCCCCC(=O)CO)o1. The molecule has 0 bridgehead atoms. The Kier molecular flexibility index (Phi) is 8.16. The molecule has 0 amide bonds. The molecule has 184 valence electrons. The molecule has 0 fully saturated rings. The lowest BCUT2D eigenvalue weighted by Crippen LogP contribution is -2.02. The Morgan fingerprint density at radius 1 is 1.19 bits per heavy atom. The summed E-state index contributed by atoms with van der Waals surface area (Å²) in [6.07, 6.45) is 3.86. The number of Topliss-reactive ketones (excluding diaryl/α,β-unsaturated/α-hetero) is 1. The number of ketones is 1. The normalized spacial score (nSPS) is 10.7. The lowest BCUT2D eigenvalue weighted by atomic mass is 10.1. The van der Waals surface area contributed by atoms with Crippen molar-refractivity contribution < 1.29 is 23.4 Å². The largest absolute Gasteiger partial charge is 0.496 e. The van der Waals surface area contributed by atoms with Crippen molar-refractivity contribution in [2.75, 3.05) is 19.0 Å². The van der Waals surface area contributed by atoms with Gasteiger partial charge < -0.3 is 19.6 Å². The number of unbranched alkanes of at least 4 members (excludes halogenated alkanes) is 2. The summed E-state index contributed by atoms with van der Waals surface area (Å²) in [5.41, 5.74) is 1.91. The second-order valence-corrected chi connectivity index (χ2v) is 8.32. The number of hydrogen-bond acceptors (Lipinski definition) is 7. The second-order valence-electron chi connectivity index (χ2n) is 7.92. The fourth-order valence-electron chi connectivity index (χ4n) is 3.57. The fourth-order valence-corrected chi connectivity index (χ4v) is 3.75. The Balaban J connectivity index is 1.57. The van der Waals surface area contributed by atoms with E-state index in [1.165, 1.54) is 18.5 Å². The van der Waals surface area contributed by atoms with E-state index in [0.29, 0.717) is 64.5 Å². The first-order valence-corrected chi connectivity index (χ1v) is 11.6. The van der Waals surface area contributed by atoms with Gasteiger partial charge in [0, 0.05) is 30.0 Å². The fraction of sp³-hybridized carbons (Fsp3) is 0.222. The predicted octanol–water partition coefficient (Wildman–Crippen LogP) is 5.91. The van der Waals surface area contributed by atoms with Crippen LogP contribution in [0.3, 0.4) is 0 Å². The molecule has 7 nitrogen and oxygen atoms in total. The van der Waals surface area contributed by atoms with Crippen molar-refractivity contribution in [3.05, 3.63) is 65.4 Å². The van der Waals surface area contributed by atoms with Gasteiger partial charge in [0.05, 0.1) is 23.2 Å². The molecule has 2 N–H and O–H groups in total. The highest BCUT2D eigenvalue weighted by atomic mass is 35.5. The van der Waals surface area contributed by atoms with E-state index in [9.17, 15) is 9.18 Å². The number of nitrogens with one attached hydrogen (secondary N) is 1. The predicted molar refractivity (Wildman–Crippen MR) is 136 cm³/mol. The maximum Gasteiger partial charge on any atom is 0.177 e. The molecule has 0 saturated heterocycles. The zero-order chi connectivity index (χ0) is 25.5. The topological polar surface area (TPSA) is 97.5 Å². The molecule has 2 heterocycles. The first kappa shape index (κ1) is 25.2. The summed E-state index contributed by atoms with van der Waals surface area (Å²) < 4.78 is 25.1. The van der Waals surface area contributed by atoms with Crippen LogP contribution in [0.4, 0.5) is 15.9 Å². The van der Waals surface area contributed by atoms with Crippen LogP contribution in [0, 0.1) is 17.7 Å². The molecule has 9 heteroatoms. The Hall–Kier alpha value is -3.93. The van der Waals surface area contributed by atoms with Crippen LogP contribution in [0.5, 0.6) is 5.75 Å². The number of aromatic nitrogens is 2. The average molecular weight is 508 g/mol. The van der Waals surface area contributed by atoms with Crippen molar-refractivity contribution in [3.8, 4) is 28.9 Å². The molecule has 4 aromatic rings. The van der Waals surface area contributed by atoms with E-state index in [-0.39, 0.29) is 10.8 Å². The Morgan fingerprint density at radius 3 is 2.83 bits per heavy atom. The number of hydrogen-bond donors (Lipinski definition) is 2. The van der Waals surface area contributed by atoms with E-state index >= 15 is 0 Å². The van der Waals surface area contributed by atoms with Crippen LogP contribution in [0.1, 0.15) is 31.4 Å². The molecule has 2 aromatic carbocycles. The van der Waals surface area contributed by atoms with Crippen LogP contribution in [0.15, 0.2) is 53.2 Å². The standard InChI is InChI=1S/C27H23ClFN3O4/c1-35-26-14-24-20(27(31-16-30-24)32-17-8-10-23(29)22(28)12-17)13-21(26)25-11-9-19(36-25)7-5-3-2-4-6-18(34)15-33/h8-14,16,33H,2-4,6,15H2,1H3,(H,30,31,32). The lowest BCUT2D eigenvalue weighted by Gasteiger charge is -2.12. The molecule has 0 aliphatic heterocycles. The molecule has 0 aliphatic rings. The molecular weight excluding hydrogens is 485 g/mol. The third-order valence-electron chi connectivity index (χ3n) is 5.41. The highest BCUT2D eigenvalue weighted by Gasteiger charge is 2.15. The molecule has 0 radical (unpaired) electrons. The highest BCUT2D eigenvalue weighted by molar-refractivity contribution is 6.31. The number of aliphatic hydroxyl groups is 1. The number of ether oxygens (including phenoxy) is 1. The summed E-state index contributed by atoms with van der Waals surface area (Å²) in [4.78, 5) is 19.8. The zero-order valence-corrected chi connectivity index (χ0v) is 20.2. The van der Waals surface area contributed by atoms with Crippen molar-refractivity contribution in [3.63, 3.8) is 0 Å². The Labute approximate surface area is 212 Å². The first-order chi connectivity index (χ1) is 17.5. The van der Waals surface area contributed by atoms with Gasteiger partial charge in [-0.25, -0.2) is 14.4 Å². The van der Waals surface area contributed by atoms with Crippen molar-refractivity contribution in [1.29, 1.82) is 0 Å². The van der Waals surface area contributed by atoms with Crippen LogP contribution in [-0.4, -0.2) is 34.6 Å². The summed E-state index contributed by atoms with van der Waals surface area (Å²) in [6.45, 7) is -0.413. The summed E-state index contributed by atoms with van der Waals surface area (Å²) in [7, 11) is 1.57. The number of nitrogens with zero attached hydrogens (tertiary/aromatic N) is 2. The van der Waals surface area contributed by atoms with Gasteiger partial charge in [-0.05, 0) is 55.2 Å². The summed E-state index contributed by atoms with van der Waals surface area (Å²) in [5, 5.41) is 12.6. The summed E-state index contributed by atoms with van der Waals surface area (Å²) >= 11 is 5.91. The molecular formula is C27H23ClFN3O4.